The third-order valence-electron chi connectivity index (χ3n) is 2.75. The molecule has 0 aliphatic rings. The van der Waals surface area contributed by atoms with E-state index in [9.17, 15) is 4.79 Å². The summed E-state index contributed by atoms with van der Waals surface area (Å²) in [6, 6.07) is 12.7. The van der Waals surface area contributed by atoms with Gasteiger partial charge in [-0.05, 0) is 66.3 Å². The van der Waals surface area contributed by atoms with Crippen LogP contribution in [0.1, 0.15) is 15.9 Å². The summed E-state index contributed by atoms with van der Waals surface area (Å²) < 4.78 is 0. The first-order chi connectivity index (χ1) is 11.1. The van der Waals surface area contributed by atoms with Gasteiger partial charge in [-0.15, -0.1) is 0 Å². The van der Waals surface area contributed by atoms with Crippen molar-refractivity contribution in [2.75, 3.05) is 5.32 Å². The fraction of sp³-hybridized carbons (Fsp3) is 0. The lowest BCUT2D eigenvalue weighted by molar-refractivity contribution is -0.137. The summed E-state index contributed by atoms with van der Waals surface area (Å²) in [4.78, 5) is 14.8. The van der Waals surface area contributed by atoms with Gasteiger partial charge in [0, 0.05) is 5.69 Å². The molecule has 0 amide bonds. The van der Waals surface area contributed by atoms with E-state index in [-0.39, 0.29) is 10.7 Å². The number of carboxylic acids is 1. The van der Waals surface area contributed by atoms with Crippen LogP contribution in [0.3, 0.4) is 0 Å². The summed E-state index contributed by atoms with van der Waals surface area (Å²) in [6.45, 7) is 0. The molecule has 0 heterocycles. The van der Waals surface area contributed by atoms with Crippen LogP contribution in [-0.2, 0) is 0 Å². The second kappa shape index (κ2) is 7.87. The Balaban J connectivity index is 1.86. The van der Waals surface area contributed by atoms with E-state index in [4.69, 9.17) is 22.6 Å². The summed E-state index contributed by atoms with van der Waals surface area (Å²) in [7, 11) is 0. The van der Waals surface area contributed by atoms with Crippen LogP contribution in [0.4, 0.5) is 5.69 Å². The van der Waals surface area contributed by atoms with E-state index < -0.39 is 5.97 Å². The van der Waals surface area contributed by atoms with E-state index in [2.05, 4.69) is 20.7 Å². The molecular weight excluding hydrogens is 318 g/mol. The molecule has 0 fully saturated rings. The molecule has 118 valence electrons. The van der Waals surface area contributed by atoms with Crippen LogP contribution in [0, 0.1) is 0 Å². The first-order valence-corrected chi connectivity index (χ1v) is 6.84. The molecule has 0 bridgehead atoms. The lowest BCUT2D eigenvalue weighted by atomic mass is 10.2. The lowest BCUT2D eigenvalue weighted by Gasteiger charge is -2.07. The number of hydrazone groups is 1. The normalized spacial score (nSPS) is 10.3. The van der Waals surface area contributed by atoms with Gasteiger partial charge in [-0.1, -0.05) is 0 Å². The van der Waals surface area contributed by atoms with Gasteiger partial charge in [-0.25, -0.2) is 10.1 Å². The topological polar surface area (TPSA) is 103 Å². The molecule has 0 unspecified atom stereocenters. The Bertz CT molecular complexity index is 715. The molecule has 0 atom stereocenters. The van der Waals surface area contributed by atoms with Gasteiger partial charge >= 0.3 is 5.97 Å². The predicted octanol–water partition coefficient (Wildman–Crippen LogP) is 2.56. The number of hydrogen-bond acceptors (Lipinski definition) is 5. The quantitative estimate of drug-likeness (QED) is 0.289. The van der Waals surface area contributed by atoms with Crippen LogP contribution in [0.2, 0.25) is 0 Å². The third kappa shape index (κ3) is 5.06. The molecule has 0 radical (unpaired) electrons. The van der Waals surface area contributed by atoms with Crippen LogP contribution >= 0.6 is 12.2 Å². The van der Waals surface area contributed by atoms with Crippen LogP contribution < -0.4 is 15.6 Å². The number of aromatic carboxylic acids is 1. The highest BCUT2D eigenvalue weighted by atomic mass is 32.1. The zero-order chi connectivity index (χ0) is 16.7. The van der Waals surface area contributed by atoms with E-state index >= 15 is 0 Å². The Hall–Kier alpha value is -2.97. The fourth-order valence-corrected chi connectivity index (χ4v) is 1.81. The highest BCUT2D eigenvalue weighted by molar-refractivity contribution is 7.80. The molecule has 23 heavy (non-hydrogen) atoms. The van der Waals surface area contributed by atoms with Crippen molar-refractivity contribution >= 4 is 35.2 Å². The monoisotopic (exact) mass is 331 g/mol. The van der Waals surface area contributed by atoms with Crippen molar-refractivity contribution < 1.29 is 20.0 Å². The molecule has 0 spiro atoms. The molecule has 0 aromatic heterocycles. The van der Waals surface area contributed by atoms with Gasteiger partial charge in [0.05, 0.1) is 11.8 Å². The SMILES string of the molecule is O=C(O)c1ccc(NC(=S)N/N=C/c2ccc(OO)cc2)cc1. The number of nitrogens with zero attached hydrogens (tertiary/aromatic N) is 1. The molecule has 0 saturated heterocycles. The Morgan fingerprint density at radius 3 is 2.35 bits per heavy atom. The number of thiocarbonyl (C=S) groups is 1. The van der Waals surface area contributed by atoms with Crippen molar-refractivity contribution in [2.45, 2.75) is 0 Å². The minimum absolute atomic E-state index is 0.197. The number of rotatable bonds is 5. The lowest BCUT2D eigenvalue weighted by Crippen LogP contribution is -2.23. The number of nitrogens with one attached hydrogen (secondary N) is 2. The van der Waals surface area contributed by atoms with E-state index in [1.54, 1.807) is 42.6 Å². The maximum Gasteiger partial charge on any atom is 0.335 e. The van der Waals surface area contributed by atoms with Gasteiger partial charge in [-0.3, -0.25) is 5.43 Å². The molecule has 2 rings (SSSR count). The molecule has 7 nitrogen and oxygen atoms in total. The zero-order valence-corrected chi connectivity index (χ0v) is 12.6. The zero-order valence-electron chi connectivity index (χ0n) is 11.8. The van der Waals surface area contributed by atoms with Crippen molar-refractivity contribution in [3.05, 3.63) is 59.7 Å². The Labute approximate surface area is 137 Å². The first kappa shape index (κ1) is 16.4. The van der Waals surface area contributed by atoms with Crippen LogP contribution in [0.5, 0.6) is 5.75 Å². The predicted molar refractivity (Wildman–Crippen MR) is 90.1 cm³/mol. The molecule has 0 saturated carbocycles. The van der Waals surface area contributed by atoms with Gasteiger partial charge in [0.25, 0.3) is 0 Å². The van der Waals surface area contributed by atoms with Gasteiger partial charge in [0.2, 0.25) is 0 Å². The highest BCUT2D eigenvalue weighted by Gasteiger charge is 2.02. The maximum absolute atomic E-state index is 10.8. The molecule has 4 N–H and O–H groups in total. The van der Waals surface area contributed by atoms with Crippen molar-refractivity contribution in [2.24, 2.45) is 5.10 Å². The second-order valence-corrected chi connectivity index (χ2v) is 4.78. The van der Waals surface area contributed by atoms with Gasteiger partial charge in [0.15, 0.2) is 10.9 Å². The summed E-state index contributed by atoms with van der Waals surface area (Å²) in [5.41, 5.74) is 4.27. The summed E-state index contributed by atoms with van der Waals surface area (Å²) >= 11 is 5.07. The van der Waals surface area contributed by atoms with E-state index in [1.807, 2.05) is 0 Å². The van der Waals surface area contributed by atoms with Crippen molar-refractivity contribution in [3.8, 4) is 5.75 Å². The number of carboxylic acid groups (broad SMARTS) is 1. The van der Waals surface area contributed by atoms with E-state index in [0.29, 0.717) is 11.4 Å². The number of hydrogen-bond donors (Lipinski definition) is 4. The van der Waals surface area contributed by atoms with Crippen LogP contribution in [-0.4, -0.2) is 27.7 Å². The van der Waals surface area contributed by atoms with Gasteiger partial charge in [0.1, 0.15) is 0 Å². The van der Waals surface area contributed by atoms with Gasteiger partial charge < -0.3 is 15.3 Å². The summed E-state index contributed by atoms with van der Waals surface area (Å²) in [6.07, 6.45) is 1.54. The smallest absolute Gasteiger partial charge is 0.335 e. The number of anilines is 1. The number of carbonyl (C=O) groups is 1. The van der Waals surface area contributed by atoms with Crippen LogP contribution in [0.25, 0.3) is 0 Å². The maximum atomic E-state index is 10.8. The largest absolute Gasteiger partial charge is 0.478 e. The van der Waals surface area contributed by atoms with Crippen LogP contribution in [0.15, 0.2) is 53.6 Å². The van der Waals surface area contributed by atoms with E-state index in [0.717, 1.165) is 5.56 Å². The third-order valence-corrected chi connectivity index (χ3v) is 2.95. The second-order valence-electron chi connectivity index (χ2n) is 4.37. The Kier molecular flexibility index (Phi) is 5.61. The van der Waals surface area contributed by atoms with Crippen molar-refractivity contribution in [1.82, 2.24) is 5.43 Å². The fourth-order valence-electron chi connectivity index (χ4n) is 1.64. The average molecular weight is 331 g/mol. The summed E-state index contributed by atoms with van der Waals surface area (Å²) in [5, 5.41) is 24.4. The first-order valence-electron chi connectivity index (χ1n) is 6.43. The average Bonchev–Trinajstić information content (AvgIpc) is 2.56. The minimum Gasteiger partial charge on any atom is -0.478 e. The minimum atomic E-state index is -0.987. The molecule has 8 heteroatoms. The Morgan fingerprint density at radius 1 is 1.13 bits per heavy atom. The van der Waals surface area contributed by atoms with Gasteiger partial charge in [-0.2, -0.15) is 5.10 Å². The van der Waals surface area contributed by atoms with Crippen molar-refractivity contribution in [1.29, 1.82) is 0 Å². The van der Waals surface area contributed by atoms with E-state index in [1.165, 1.54) is 12.1 Å². The molecule has 0 aliphatic heterocycles. The molecule has 0 aliphatic carbocycles. The molecule has 2 aromatic rings. The summed E-state index contributed by atoms with van der Waals surface area (Å²) in [5.74, 6) is -0.656. The van der Waals surface area contributed by atoms with Crippen molar-refractivity contribution in [3.63, 3.8) is 0 Å². The standard InChI is InChI=1S/C15H13N3O4S/c19-14(20)11-3-5-12(6-4-11)17-15(23)18-16-9-10-1-7-13(22-21)8-2-10/h1-9,21H,(H,19,20)(H2,17,18,23)/b16-9+. The molecule has 2 aromatic carbocycles. The number of benzene rings is 2. The molecular formula is C15H13N3O4S. The Morgan fingerprint density at radius 2 is 1.78 bits per heavy atom. The highest BCUT2D eigenvalue weighted by Crippen LogP contribution is 2.10.